The average Bonchev–Trinajstić information content (AvgIpc) is 2.38. The lowest BCUT2D eigenvalue weighted by molar-refractivity contribution is 0.416. The molecular formula is C13H26O3Si4. The molecule has 1 aromatic carbocycles. The first-order valence-electron chi connectivity index (χ1n) is 7.24. The molecule has 20 heavy (non-hydrogen) atoms. The maximum atomic E-state index is 12.3. The molecule has 0 amide bonds. The van der Waals surface area contributed by atoms with Crippen molar-refractivity contribution in [2.24, 2.45) is 0 Å². The summed E-state index contributed by atoms with van der Waals surface area (Å²) in [6.07, 6.45) is 0. The lowest BCUT2D eigenvalue weighted by Crippen LogP contribution is -2.60. The van der Waals surface area contributed by atoms with Gasteiger partial charge in [-0.1, -0.05) is 43.8 Å². The third kappa shape index (κ3) is 5.30. The molecule has 1 aromatic rings. The van der Waals surface area contributed by atoms with Crippen LogP contribution in [0.4, 0.5) is 0 Å². The molecule has 112 valence electrons. The van der Waals surface area contributed by atoms with E-state index in [1.807, 2.05) is 25.1 Å². The normalized spacial score (nSPS) is 15.4. The number of hydrogen-bond acceptors (Lipinski definition) is 3. The molecule has 0 fully saturated rings. The predicted octanol–water partition coefficient (Wildman–Crippen LogP) is 2.32. The van der Waals surface area contributed by atoms with Gasteiger partial charge >= 0.3 is 8.56 Å². The molecule has 7 heteroatoms. The van der Waals surface area contributed by atoms with Gasteiger partial charge in [0.05, 0.1) is 0 Å². The van der Waals surface area contributed by atoms with Gasteiger partial charge in [-0.2, -0.15) is 0 Å². The highest BCUT2D eigenvalue weighted by atomic mass is 28.5. The number of rotatable bonds is 8. The molecule has 1 atom stereocenters. The van der Waals surface area contributed by atoms with Crippen LogP contribution in [0.5, 0.6) is 0 Å². The average molecular weight is 343 g/mol. The Labute approximate surface area is 128 Å². The lowest BCUT2D eigenvalue weighted by atomic mass is 10.4. The molecule has 0 saturated carbocycles. The summed E-state index contributed by atoms with van der Waals surface area (Å²) < 4.78 is 25.1. The van der Waals surface area contributed by atoms with Crippen LogP contribution in [0.25, 0.3) is 0 Å². The zero-order valence-electron chi connectivity index (χ0n) is 13.2. The molecule has 0 aliphatic heterocycles. The molecule has 3 nitrogen and oxygen atoms in total. The van der Waals surface area contributed by atoms with Crippen molar-refractivity contribution in [1.82, 2.24) is 0 Å². The summed E-state index contributed by atoms with van der Waals surface area (Å²) in [7, 11) is -6.53. The van der Waals surface area contributed by atoms with Crippen LogP contribution in [0.2, 0.25) is 37.9 Å². The van der Waals surface area contributed by atoms with Crippen LogP contribution in [-0.4, -0.2) is 35.3 Å². The molecule has 0 aromatic heterocycles. The third-order valence-electron chi connectivity index (χ3n) is 2.89. The molecule has 0 N–H and O–H groups in total. The fourth-order valence-corrected chi connectivity index (χ4v) is 16.7. The summed E-state index contributed by atoms with van der Waals surface area (Å²) in [6.45, 7) is 10.7. The quantitative estimate of drug-likeness (QED) is 0.680. The van der Waals surface area contributed by atoms with Gasteiger partial charge in [-0.3, -0.25) is 0 Å². The Balaban J connectivity index is 3.22. The lowest BCUT2D eigenvalue weighted by Gasteiger charge is -2.36. The van der Waals surface area contributed by atoms with E-state index in [-0.39, 0.29) is 0 Å². The Kier molecular flexibility index (Phi) is 6.89. The molecule has 0 aliphatic rings. The molecule has 0 spiro atoms. The second kappa shape index (κ2) is 7.71. The van der Waals surface area contributed by atoms with Gasteiger partial charge < -0.3 is 12.7 Å². The van der Waals surface area contributed by atoms with Gasteiger partial charge in [0.25, 0.3) is 8.68 Å². The van der Waals surface area contributed by atoms with Crippen LogP contribution in [0.15, 0.2) is 30.3 Å². The summed E-state index contributed by atoms with van der Waals surface area (Å²) in [5.41, 5.74) is 0.628. The predicted molar refractivity (Wildman–Crippen MR) is 93.5 cm³/mol. The monoisotopic (exact) mass is 342 g/mol. The summed E-state index contributed by atoms with van der Waals surface area (Å²) in [5.74, 6) is 0. The first kappa shape index (κ1) is 17.9. The van der Waals surface area contributed by atoms with Crippen LogP contribution in [-0.2, 0) is 12.7 Å². The molecule has 1 unspecified atom stereocenters. The molecule has 0 aliphatic carbocycles. The van der Waals surface area contributed by atoms with E-state index in [0.29, 0.717) is 5.67 Å². The van der Waals surface area contributed by atoms with Crippen LogP contribution in [0.1, 0.15) is 6.92 Å². The van der Waals surface area contributed by atoms with Gasteiger partial charge in [-0.05, 0) is 30.9 Å². The maximum Gasteiger partial charge on any atom is 0.355 e. The fourth-order valence-electron chi connectivity index (χ4n) is 2.17. The molecule has 0 heterocycles. The minimum atomic E-state index is -2.53. The number of hydrogen-bond donors (Lipinski definition) is 0. The van der Waals surface area contributed by atoms with Crippen molar-refractivity contribution < 1.29 is 12.7 Å². The van der Waals surface area contributed by atoms with Gasteiger partial charge in [-0.25, -0.2) is 0 Å². The van der Waals surface area contributed by atoms with Crippen LogP contribution in [0.3, 0.4) is 0 Å². The Bertz CT molecular complexity index is 433. The first-order chi connectivity index (χ1) is 9.33. The largest absolute Gasteiger partial charge is 0.439 e. The Morgan fingerprint density at radius 2 is 1.80 bits per heavy atom. The highest BCUT2D eigenvalue weighted by Crippen LogP contribution is 2.20. The summed E-state index contributed by atoms with van der Waals surface area (Å²) >= 11 is 0. The van der Waals surface area contributed by atoms with E-state index in [4.69, 9.17) is 8.23 Å². The van der Waals surface area contributed by atoms with Gasteiger partial charge in [0.1, 0.15) is 9.76 Å². The van der Waals surface area contributed by atoms with Crippen molar-refractivity contribution >= 4 is 40.5 Å². The maximum absolute atomic E-state index is 12.3. The van der Waals surface area contributed by atoms with E-state index in [2.05, 4.69) is 38.3 Å². The van der Waals surface area contributed by atoms with Crippen molar-refractivity contribution in [2.45, 2.75) is 44.8 Å². The second-order valence-corrected chi connectivity index (χ2v) is 17.9. The van der Waals surface area contributed by atoms with E-state index >= 15 is 0 Å². The van der Waals surface area contributed by atoms with Gasteiger partial charge in [-0.15, -0.1) is 0 Å². The van der Waals surface area contributed by atoms with Gasteiger partial charge in [0.2, 0.25) is 0 Å². The summed E-state index contributed by atoms with van der Waals surface area (Å²) in [6, 6.07) is 10.9. The van der Waals surface area contributed by atoms with E-state index < -0.39 is 35.3 Å². The van der Waals surface area contributed by atoms with E-state index in [0.717, 1.165) is 11.2 Å². The Morgan fingerprint density at radius 1 is 1.20 bits per heavy atom. The highest BCUT2D eigenvalue weighted by molar-refractivity contribution is 6.95. The Morgan fingerprint density at radius 3 is 2.25 bits per heavy atom. The molecule has 0 bridgehead atoms. The first-order valence-corrected chi connectivity index (χ1v) is 16.5. The standard InChI is InChI=1S/C13H26O3Si4/c1-6-18(14)12-20(15-17-2,16-19(3,4)5)13-10-8-7-9-11-13/h7-11H,6,12,17H2,1-5H3. The van der Waals surface area contributed by atoms with Crippen molar-refractivity contribution in [2.75, 3.05) is 0 Å². The van der Waals surface area contributed by atoms with E-state index in [9.17, 15) is 4.46 Å². The van der Waals surface area contributed by atoms with Crippen LogP contribution in [0, 0.1) is 0 Å². The molecular weight excluding hydrogens is 316 g/mol. The van der Waals surface area contributed by atoms with Crippen molar-refractivity contribution in [3.8, 4) is 0 Å². The zero-order valence-corrected chi connectivity index (χ0v) is 17.6. The molecule has 0 radical (unpaired) electrons. The summed E-state index contributed by atoms with van der Waals surface area (Å²) in [5, 5.41) is 1.14. The molecule has 1 rings (SSSR count). The fraction of sp³-hybridized carbons (Fsp3) is 0.538. The van der Waals surface area contributed by atoms with E-state index in [1.54, 1.807) is 0 Å². The summed E-state index contributed by atoms with van der Waals surface area (Å²) in [4.78, 5) is 0. The van der Waals surface area contributed by atoms with E-state index in [1.165, 1.54) is 0 Å². The van der Waals surface area contributed by atoms with Crippen molar-refractivity contribution in [1.29, 1.82) is 0 Å². The topological polar surface area (TPSA) is 35.5 Å². The minimum absolute atomic E-state index is 0.617. The van der Waals surface area contributed by atoms with Crippen LogP contribution < -0.4 is 5.19 Å². The van der Waals surface area contributed by atoms with Crippen molar-refractivity contribution in [3.05, 3.63) is 30.3 Å². The number of benzene rings is 1. The van der Waals surface area contributed by atoms with Gasteiger partial charge in [0.15, 0.2) is 8.32 Å². The molecule has 0 saturated heterocycles. The van der Waals surface area contributed by atoms with Crippen molar-refractivity contribution in [3.63, 3.8) is 0 Å². The minimum Gasteiger partial charge on any atom is -0.439 e. The van der Waals surface area contributed by atoms with Gasteiger partial charge in [0, 0.05) is 5.67 Å². The SMILES string of the molecule is CC[Si](=O)C[Si](O[SiH2]C)(O[Si](C)(C)C)c1ccccc1. The van der Waals surface area contributed by atoms with Crippen LogP contribution >= 0.6 is 0 Å². The second-order valence-electron chi connectivity index (χ2n) is 5.84. The zero-order chi connectivity index (χ0) is 15.2. The smallest absolute Gasteiger partial charge is 0.355 e. The third-order valence-corrected chi connectivity index (χ3v) is 15.1. The highest BCUT2D eigenvalue weighted by Gasteiger charge is 2.44. The Hall–Kier alpha value is -0.192.